The van der Waals surface area contributed by atoms with E-state index in [-0.39, 0.29) is 19.3 Å². The van der Waals surface area contributed by atoms with E-state index in [1.807, 2.05) is 0 Å². The number of unbranched alkanes of at least 4 members (excludes halogenated alkanes) is 49. The monoisotopic (exact) mass is 1740 g/mol. The Kier molecular flexibility index (Phi) is 91.4. The van der Waals surface area contributed by atoms with Crippen LogP contribution < -0.4 is 0 Å². The summed E-state index contributed by atoms with van der Waals surface area (Å²) in [4.78, 5) is 59.0. The second-order valence-corrected chi connectivity index (χ2v) is 36.1. The summed E-state index contributed by atoms with van der Waals surface area (Å²) in [6, 6.07) is 0. The van der Waals surface area contributed by atoms with Crippen molar-refractivity contribution in [1.82, 2.24) is 0 Å². The molecule has 16 nitrogen and oxygen atoms in total. The van der Waals surface area contributed by atoms with Crippen LogP contribution in [0, 0.1) is 0 Å². The van der Waals surface area contributed by atoms with E-state index in [9.17, 15) is 43.5 Å². The number of aliphatic hydroxyl groups is 2. The molecule has 0 aromatic heterocycles. The third-order valence-electron chi connectivity index (χ3n) is 21.3. The van der Waals surface area contributed by atoms with Crippen LogP contribution >= 0.6 is 15.6 Å². The van der Waals surface area contributed by atoms with Gasteiger partial charge in [0.1, 0.15) is 25.4 Å². The van der Waals surface area contributed by atoms with E-state index >= 15 is 0 Å². The summed E-state index contributed by atoms with van der Waals surface area (Å²) < 4.78 is 61.5. The van der Waals surface area contributed by atoms with Gasteiger partial charge in [0.05, 0.1) is 26.4 Å². The first-order valence-corrected chi connectivity index (χ1v) is 52.5. The molecule has 700 valence electrons. The maximum absolute atomic E-state index is 13.1. The fourth-order valence-electron chi connectivity index (χ4n) is 13.9. The van der Waals surface area contributed by atoms with Crippen LogP contribution in [-0.4, -0.2) is 95.9 Å². The van der Waals surface area contributed by atoms with Crippen LogP contribution in [0.5, 0.6) is 0 Å². The molecule has 0 saturated heterocycles. The lowest BCUT2D eigenvalue weighted by Crippen LogP contribution is -2.30. The summed E-state index contributed by atoms with van der Waals surface area (Å²) in [5.74, 6) is -1.56. The maximum atomic E-state index is 13.1. The van der Waals surface area contributed by atoms with Gasteiger partial charge in [-0.3, -0.25) is 32.5 Å². The molecule has 0 rings (SSSR count). The first-order valence-electron chi connectivity index (χ1n) is 49.5. The largest absolute Gasteiger partial charge is 0.472 e. The fraction of sp³-hybridized carbons (Fsp3) is 0.757. The van der Waals surface area contributed by atoms with Crippen LogP contribution in [-0.2, 0) is 55.8 Å². The summed E-state index contributed by atoms with van der Waals surface area (Å²) >= 11 is 0. The number of allylic oxidation sites excluding steroid dienone is 22. The molecule has 0 amide bonds. The van der Waals surface area contributed by atoms with Gasteiger partial charge in [0.15, 0.2) is 6.10 Å². The number of hydrogen-bond acceptors (Lipinski definition) is 14. The highest BCUT2D eigenvalue weighted by molar-refractivity contribution is 7.47. The highest BCUT2D eigenvalue weighted by Gasteiger charge is 2.30. The number of phosphoric acid groups is 2. The molecular formula is C103H182O16P2. The van der Waals surface area contributed by atoms with E-state index in [1.54, 1.807) is 0 Å². The highest BCUT2D eigenvalue weighted by atomic mass is 31.2. The van der Waals surface area contributed by atoms with Gasteiger partial charge >= 0.3 is 33.6 Å². The molecule has 0 saturated carbocycles. The van der Waals surface area contributed by atoms with Crippen molar-refractivity contribution in [3.8, 4) is 0 Å². The van der Waals surface area contributed by atoms with Crippen LogP contribution in [0.4, 0.5) is 0 Å². The Labute approximate surface area is 741 Å². The molecule has 0 aliphatic carbocycles. The van der Waals surface area contributed by atoms with Crippen molar-refractivity contribution >= 4 is 33.6 Å². The van der Waals surface area contributed by atoms with Gasteiger partial charge in [-0.05, 0) is 141 Å². The quantitative estimate of drug-likeness (QED) is 0.0146. The SMILES string of the molecule is CC/C=C\C/C=C\C/C=C\CCCCCCCCCC(=O)OC(COC(=O)CCCCCCCCCCCCCCCCCCC/C=C\C/C=C\C/C=C\C/C=C\CCCCC)COP(=O)(O)OCC(O)COP(=O)(O)OCC(O)COC(=O)CCCCCCCCCCCCCCCCCCCCC/C=C\C/C=C\C/C=C\C/C=C\CCCCC. The van der Waals surface area contributed by atoms with Crippen molar-refractivity contribution in [2.45, 2.75) is 463 Å². The van der Waals surface area contributed by atoms with Crippen molar-refractivity contribution in [1.29, 1.82) is 0 Å². The molecule has 0 aliphatic heterocycles. The molecule has 0 bridgehead atoms. The van der Waals surface area contributed by atoms with Gasteiger partial charge in [-0.2, -0.15) is 0 Å². The minimum atomic E-state index is -4.94. The first-order chi connectivity index (χ1) is 59.2. The second kappa shape index (κ2) is 94.8. The zero-order chi connectivity index (χ0) is 87.9. The number of carbonyl (C=O) groups is 3. The van der Waals surface area contributed by atoms with Gasteiger partial charge in [-0.25, -0.2) is 9.13 Å². The molecule has 0 radical (unpaired) electrons. The fourth-order valence-corrected chi connectivity index (χ4v) is 15.4. The van der Waals surface area contributed by atoms with Crippen molar-refractivity contribution in [3.63, 3.8) is 0 Å². The Hall–Kier alpha value is -4.31. The minimum absolute atomic E-state index is 0.0937. The number of phosphoric ester groups is 2. The van der Waals surface area contributed by atoms with Gasteiger partial charge in [0.2, 0.25) is 0 Å². The smallest absolute Gasteiger partial charge is 0.463 e. The molecule has 0 aliphatic rings. The number of rotatable bonds is 94. The van der Waals surface area contributed by atoms with E-state index in [4.69, 9.17) is 32.3 Å². The topological polar surface area (TPSA) is 231 Å². The maximum Gasteiger partial charge on any atom is 0.472 e. The first kappa shape index (κ1) is 117. The van der Waals surface area contributed by atoms with Crippen molar-refractivity contribution in [2.24, 2.45) is 0 Å². The van der Waals surface area contributed by atoms with Gasteiger partial charge in [0, 0.05) is 19.3 Å². The number of esters is 3. The Morgan fingerprint density at radius 2 is 0.438 bits per heavy atom. The zero-order valence-electron chi connectivity index (χ0n) is 77.4. The summed E-state index contributed by atoms with van der Waals surface area (Å²) in [7, 11) is -9.81. The Balaban J connectivity index is 4.43. The molecule has 4 N–H and O–H groups in total. The molecule has 0 aromatic rings. The van der Waals surface area contributed by atoms with E-state index in [1.165, 1.54) is 244 Å². The predicted molar refractivity (Wildman–Crippen MR) is 510 cm³/mol. The number of carbonyl (C=O) groups excluding carboxylic acids is 3. The Morgan fingerprint density at radius 3 is 0.694 bits per heavy atom. The molecule has 121 heavy (non-hydrogen) atoms. The minimum Gasteiger partial charge on any atom is -0.463 e. The average molecular weight is 1740 g/mol. The van der Waals surface area contributed by atoms with Crippen LogP contribution in [0.15, 0.2) is 134 Å². The second-order valence-electron chi connectivity index (χ2n) is 33.2. The van der Waals surface area contributed by atoms with Crippen LogP contribution in [0.1, 0.15) is 445 Å². The number of aliphatic hydroxyl groups excluding tert-OH is 2. The average Bonchev–Trinajstić information content (AvgIpc) is 0.892. The lowest BCUT2D eigenvalue weighted by Gasteiger charge is -2.21. The normalized spacial score (nSPS) is 14.3. The summed E-state index contributed by atoms with van der Waals surface area (Å²) in [6.07, 6.45) is 120. The number of hydrogen-bond donors (Lipinski definition) is 4. The summed E-state index contributed by atoms with van der Waals surface area (Å²) in [5.41, 5.74) is 0. The summed E-state index contributed by atoms with van der Waals surface area (Å²) in [5, 5.41) is 20.8. The van der Waals surface area contributed by atoms with Gasteiger partial charge in [0.25, 0.3) is 0 Å². The molecule has 0 fully saturated rings. The lowest BCUT2D eigenvalue weighted by molar-refractivity contribution is -0.161. The highest BCUT2D eigenvalue weighted by Crippen LogP contribution is 2.45. The third-order valence-corrected chi connectivity index (χ3v) is 23.2. The van der Waals surface area contributed by atoms with Crippen molar-refractivity contribution in [3.05, 3.63) is 134 Å². The molecular weight excluding hydrogens is 1560 g/mol. The third kappa shape index (κ3) is 96.2. The number of ether oxygens (including phenoxy) is 3. The zero-order valence-corrected chi connectivity index (χ0v) is 79.2. The van der Waals surface area contributed by atoms with Crippen LogP contribution in [0.25, 0.3) is 0 Å². The molecule has 0 spiro atoms. The molecule has 0 heterocycles. The van der Waals surface area contributed by atoms with Crippen LogP contribution in [0.3, 0.4) is 0 Å². The molecule has 18 heteroatoms. The van der Waals surface area contributed by atoms with Gasteiger partial charge < -0.3 is 34.2 Å². The molecule has 5 atom stereocenters. The Bertz CT molecular complexity index is 2730. The van der Waals surface area contributed by atoms with E-state index in [2.05, 4.69) is 154 Å². The van der Waals surface area contributed by atoms with E-state index in [0.717, 1.165) is 141 Å². The lowest BCUT2D eigenvalue weighted by atomic mass is 10.0. The van der Waals surface area contributed by atoms with Crippen LogP contribution in [0.2, 0.25) is 0 Å². The van der Waals surface area contributed by atoms with Gasteiger partial charge in [-0.1, -0.05) is 418 Å². The van der Waals surface area contributed by atoms with E-state index in [0.29, 0.717) is 19.3 Å². The van der Waals surface area contributed by atoms with Crippen molar-refractivity contribution < 1.29 is 75.8 Å². The molecule has 5 unspecified atom stereocenters. The molecule has 0 aromatic carbocycles. The van der Waals surface area contributed by atoms with Gasteiger partial charge in [-0.15, -0.1) is 0 Å². The predicted octanol–water partition coefficient (Wildman–Crippen LogP) is 30.9. The van der Waals surface area contributed by atoms with Crippen molar-refractivity contribution in [2.75, 3.05) is 39.6 Å². The standard InChI is InChI=1S/C103H182O16P2/c1-4-7-10-13-16-19-22-25-28-31-33-35-37-39-41-43-45-47-48-50-52-53-55-57-59-61-63-66-68-71-74-77-80-83-86-89-101(106)113-92-98(104)93-115-120(109,110)116-94-99(105)95-117-121(111,112)118-97-100(119-103(108)91-88-85-82-79-76-73-70-65-30-27-24-21-18-15-12-9-6-3)96-114-102(107)90-87-84-81-78-75-72-69-67-64-62-60-58-56-54-51-49-46-44-42-40-38-36-34-32-29-26-23-20-17-14-11-8-5-2/h9,12,16-21,25-30,33-36,39-42,98-100,104-105H,4-8,10-11,13-15,22-24,31-32,37-38,43-97H2,1-3H3,(H,109,110)(H,111,112)/b12-9-,19-16-,20-17-,21-18-,28-25-,29-26-,30-27-,35-33-,36-34-,41-39-,42-40-. The van der Waals surface area contributed by atoms with E-state index < -0.39 is 91.5 Å². The Morgan fingerprint density at radius 1 is 0.240 bits per heavy atom. The summed E-state index contributed by atoms with van der Waals surface area (Å²) in [6.45, 7) is 2.58.